The molecule has 0 aliphatic carbocycles. The molecule has 0 aromatic carbocycles. The Labute approximate surface area is 102 Å². The van der Waals surface area contributed by atoms with Gasteiger partial charge in [-0.2, -0.15) is 0 Å². The van der Waals surface area contributed by atoms with E-state index in [0.717, 1.165) is 31.5 Å². The minimum Gasteiger partial charge on any atom is -0.396 e. The molecule has 0 radical (unpaired) electrons. The van der Waals surface area contributed by atoms with E-state index in [1.165, 1.54) is 9.88 Å². The van der Waals surface area contributed by atoms with E-state index in [1.807, 2.05) is 0 Å². The SMILES string of the molecule is Cc1nc(CCNC(C)CCCO)sc1C. The van der Waals surface area contributed by atoms with Crippen LogP contribution in [0.2, 0.25) is 0 Å². The number of nitrogens with one attached hydrogen (secondary N) is 1. The average molecular weight is 242 g/mol. The molecule has 0 saturated carbocycles. The second-order valence-electron chi connectivity index (χ2n) is 4.22. The van der Waals surface area contributed by atoms with Crippen LogP contribution in [0.25, 0.3) is 0 Å². The number of aromatic nitrogens is 1. The van der Waals surface area contributed by atoms with Gasteiger partial charge in [0.15, 0.2) is 0 Å². The zero-order chi connectivity index (χ0) is 12.0. The molecule has 0 aliphatic rings. The van der Waals surface area contributed by atoms with Crippen molar-refractivity contribution in [3.63, 3.8) is 0 Å². The topological polar surface area (TPSA) is 45.2 Å². The highest BCUT2D eigenvalue weighted by atomic mass is 32.1. The van der Waals surface area contributed by atoms with E-state index in [0.29, 0.717) is 6.04 Å². The van der Waals surface area contributed by atoms with E-state index in [2.05, 4.69) is 31.1 Å². The molecule has 1 unspecified atom stereocenters. The quantitative estimate of drug-likeness (QED) is 0.769. The Morgan fingerprint density at radius 3 is 2.75 bits per heavy atom. The van der Waals surface area contributed by atoms with Crippen LogP contribution in [-0.2, 0) is 6.42 Å². The molecule has 92 valence electrons. The van der Waals surface area contributed by atoms with E-state index in [4.69, 9.17) is 5.11 Å². The van der Waals surface area contributed by atoms with Crippen LogP contribution in [0.4, 0.5) is 0 Å². The number of aliphatic hydroxyl groups excluding tert-OH is 1. The summed E-state index contributed by atoms with van der Waals surface area (Å²) < 4.78 is 0. The molecule has 2 N–H and O–H groups in total. The molecule has 1 aromatic heterocycles. The van der Waals surface area contributed by atoms with E-state index in [-0.39, 0.29) is 6.61 Å². The van der Waals surface area contributed by atoms with Crippen molar-refractivity contribution in [1.29, 1.82) is 0 Å². The van der Waals surface area contributed by atoms with Gasteiger partial charge in [-0.05, 0) is 33.6 Å². The first-order valence-corrected chi connectivity index (χ1v) is 6.72. The van der Waals surface area contributed by atoms with Gasteiger partial charge in [0.2, 0.25) is 0 Å². The third-order valence-electron chi connectivity index (χ3n) is 2.70. The van der Waals surface area contributed by atoms with Gasteiger partial charge in [-0.1, -0.05) is 0 Å². The Morgan fingerprint density at radius 1 is 1.44 bits per heavy atom. The number of aliphatic hydroxyl groups is 1. The standard InChI is InChI=1S/C12H22N2OS/c1-9(5-4-8-15)13-7-6-12-14-10(2)11(3)16-12/h9,13,15H,4-8H2,1-3H3. The summed E-state index contributed by atoms with van der Waals surface area (Å²) in [6.45, 7) is 7.60. The number of rotatable bonds is 7. The Hall–Kier alpha value is -0.450. The third kappa shape index (κ3) is 4.60. The van der Waals surface area contributed by atoms with Crippen molar-refractivity contribution in [3.8, 4) is 0 Å². The van der Waals surface area contributed by atoms with Crippen molar-refractivity contribution in [2.24, 2.45) is 0 Å². The van der Waals surface area contributed by atoms with Gasteiger partial charge in [0.05, 0.1) is 10.7 Å². The van der Waals surface area contributed by atoms with Gasteiger partial charge in [0, 0.05) is 30.5 Å². The summed E-state index contributed by atoms with van der Waals surface area (Å²) in [6.07, 6.45) is 2.92. The lowest BCUT2D eigenvalue weighted by Gasteiger charge is -2.11. The van der Waals surface area contributed by atoms with Crippen LogP contribution in [0.3, 0.4) is 0 Å². The number of hydrogen-bond donors (Lipinski definition) is 2. The Bertz CT molecular complexity index is 292. The molecule has 0 aliphatic heterocycles. The summed E-state index contributed by atoms with van der Waals surface area (Å²) >= 11 is 1.79. The summed E-state index contributed by atoms with van der Waals surface area (Å²) in [5.74, 6) is 0. The van der Waals surface area contributed by atoms with Gasteiger partial charge in [-0.25, -0.2) is 4.98 Å². The van der Waals surface area contributed by atoms with Gasteiger partial charge in [-0.3, -0.25) is 0 Å². The molecule has 1 heterocycles. The highest BCUT2D eigenvalue weighted by molar-refractivity contribution is 7.11. The van der Waals surface area contributed by atoms with Gasteiger partial charge in [0.25, 0.3) is 0 Å². The summed E-state index contributed by atoms with van der Waals surface area (Å²) in [4.78, 5) is 5.83. The van der Waals surface area contributed by atoms with E-state index >= 15 is 0 Å². The predicted molar refractivity (Wildman–Crippen MR) is 69.1 cm³/mol. The lowest BCUT2D eigenvalue weighted by molar-refractivity contribution is 0.276. The van der Waals surface area contributed by atoms with Crippen LogP contribution in [0.15, 0.2) is 0 Å². The highest BCUT2D eigenvalue weighted by Crippen LogP contribution is 2.16. The number of thiazole rings is 1. The molecule has 0 bridgehead atoms. The predicted octanol–water partition coefficient (Wildman–Crippen LogP) is 2.05. The fourth-order valence-electron chi connectivity index (χ4n) is 1.57. The number of aryl methyl sites for hydroxylation is 2. The summed E-state index contributed by atoms with van der Waals surface area (Å²) in [5.41, 5.74) is 1.16. The zero-order valence-corrected chi connectivity index (χ0v) is 11.2. The van der Waals surface area contributed by atoms with Crippen molar-refractivity contribution < 1.29 is 5.11 Å². The van der Waals surface area contributed by atoms with Crippen molar-refractivity contribution in [1.82, 2.24) is 10.3 Å². The van der Waals surface area contributed by atoms with Crippen LogP contribution in [-0.4, -0.2) is 29.3 Å². The first kappa shape index (κ1) is 13.6. The minimum absolute atomic E-state index is 0.289. The molecular weight excluding hydrogens is 220 g/mol. The third-order valence-corrected chi connectivity index (χ3v) is 3.83. The van der Waals surface area contributed by atoms with Crippen LogP contribution in [0.5, 0.6) is 0 Å². The maximum absolute atomic E-state index is 8.72. The van der Waals surface area contributed by atoms with Gasteiger partial charge < -0.3 is 10.4 Å². The van der Waals surface area contributed by atoms with Crippen molar-refractivity contribution in [2.45, 2.75) is 46.1 Å². The Morgan fingerprint density at radius 2 is 2.19 bits per heavy atom. The van der Waals surface area contributed by atoms with E-state index in [9.17, 15) is 0 Å². The monoisotopic (exact) mass is 242 g/mol. The van der Waals surface area contributed by atoms with E-state index < -0.39 is 0 Å². The van der Waals surface area contributed by atoms with Gasteiger partial charge in [-0.15, -0.1) is 11.3 Å². The number of nitrogens with zero attached hydrogens (tertiary/aromatic N) is 1. The molecule has 1 aromatic rings. The van der Waals surface area contributed by atoms with Crippen LogP contribution in [0.1, 0.15) is 35.3 Å². The molecule has 1 atom stereocenters. The Kier molecular flexibility index (Phi) is 5.95. The molecular formula is C12H22N2OS. The molecule has 0 saturated heterocycles. The fourth-order valence-corrected chi connectivity index (χ4v) is 2.50. The maximum Gasteiger partial charge on any atom is 0.0943 e. The molecule has 16 heavy (non-hydrogen) atoms. The second kappa shape index (κ2) is 6.99. The maximum atomic E-state index is 8.72. The van der Waals surface area contributed by atoms with E-state index in [1.54, 1.807) is 11.3 Å². The summed E-state index contributed by atoms with van der Waals surface area (Å²) in [6, 6.07) is 0.481. The molecule has 3 nitrogen and oxygen atoms in total. The molecule has 0 fully saturated rings. The highest BCUT2D eigenvalue weighted by Gasteiger charge is 2.04. The number of hydrogen-bond acceptors (Lipinski definition) is 4. The van der Waals surface area contributed by atoms with Crippen LogP contribution < -0.4 is 5.32 Å². The lowest BCUT2D eigenvalue weighted by Crippen LogP contribution is -2.28. The van der Waals surface area contributed by atoms with Crippen LogP contribution in [0, 0.1) is 13.8 Å². The average Bonchev–Trinajstić information content (AvgIpc) is 2.55. The van der Waals surface area contributed by atoms with Crippen molar-refractivity contribution >= 4 is 11.3 Å². The first-order chi connectivity index (χ1) is 7.63. The van der Waals surface area contributed by atoms with Crippen molar-refractivity contribution in [2.75, 3.05) is 13.2 Å². The van der Waals surface area contributed by atoms with Gasteiger partial charge >= 0.3 is 0 Å². The second-order valence-corrected chi connectivity index (χ2v) is 5.51. The normalized spacial score (nSPS) is 13.0. The smallest absolute Gasteiger partial charge is 0.0943 e. The molecule has 0 spiro atoms. The molecule has 4 heteroatoms. The van der Waals surface area contributed by atoms with Crippen molar-refractivity contribution in [3.05, 3.63) is 15.6 Å². The first-order valence-electron chi connectivity index (χ1n) is 5.90. The largest absolute Gasteiger partial charge is 0.396 e. The van der Waals surface area contributed by atoms with Crippen LogP contribution >= 0.6 is 11.3 Å². The summed E-state index contributed by atoms with van der Waals surface area (Å²) in [5, 5.41) is 13.4. The van der Waals surface area contributed by atoms with Gasteiger partial charge in [0.1, 0.15) is 0 Å². The lowest BCUT2D eigenvalue weighted by atomic mass is 10.2. The molecule has 1 rings (SSSR count). The Balaban J connectivity index is 2.20. The molecule has 0 amide bonds. The minimum atomic E-state index is 0.289. The fraction of sp³-hybridized carbons (Fsp3) is 0.750. The zero-order valence-electron chi connectivity index (χ0n) is 10.4. The summed E-state index contributed by atoms with van der Waals surface area (Å²) in [7, 11) is 0.